The van der Waals surface area contributed by atoms with Gasteiger partial charge < -0.3 is 10.5 Å². The van der Waals surface area contributed by atoms with Crippen LogP contribution in [0.3, 0.4) is 0 Å². The number of hydrogen-bond donors (Lipinski definition) is 1. The molecule has 0 aliphatic rings. The highest BCUT2D eigenvalue weighted by Gasteiger charge is 2.08. The van der Waals surface area contributed by atoms with Gasteiger partial charge in [-0.15, -0.1) is 0 Å². The van der Waals surface area contributed by atoms with Crippen LogP contribution in [0.1, 0.15) is 31.0 Å². The van der Waals surface area contributed by atoms with Gasteiger partial charge in [0.05, 0.1) is 6.10 Å². The van der Waals surface area contributed by atoms with Crippen LogP contribution < -0.4 is 10.5 Å². The lowest BCUT2D eigenvalue weighted by Crippen LogP contribution is -2.13. The summed E-state index contributed by atoms with van der Waals surface area (Å²) in [5, 5.41) is 0.748. The molecule has 0 aliphatic heterocycles. The van der Waals surface area contributed by atoms with Crippen LogP contribution in [0.15, 0.2) is 48.5 Å². The Labute approximate surface area is 125 Å². The van der Waals surface area contributed by atoms with Crippen molar-refractivity contribution < 1.29 is 4.74 Å². The molecule has 106 valence electrons. The van der Waals surface area contributed by atoms with Crippen molar-refractivity contribution in [2.75, 3.05) is 0 Å². The van der Waals surface area contributed by atoms with Crippen LogP contribution in [-0.2, 0) is 6.42 Å². The summed E-state index contributed by atoms with van der Waals surface area (Å²) in [5.41, 5.74) is 8.53. The second-order valence-corrected chi connectivity index (χ2v) is 5.61. The molecule has 1 atom stereocenters. The monoisotopic (exact) mass is 289 g/mol. The highest BCUT2D eigenvalue weighted by molar-refractivity contribution is 6.30. The smallest absolute Gasteiger partial charge is 0.119 e. The van der Waals surface area contributed by atoms with Gasteiger partial charge in [0.2, 0.25) is 0 Å². The summed E-state index contributed by atoms with van der Waals surface area (Å²) >= 11 is 5.88. The summed E-state index contributed by atoms with van der Waals surface area (Å²) in [6.07, 6.45) is 0.977. The lowest BCUT2D eigenvalue weighted by Gasteiger charge is -2.14. The minimum atomic E-state index is -0.0238. The van der Waals surface area contributed by atoms with E-state index in [-0.39, 0.29) is 12.1 Å². The summed E-state index contributed by atoms with van der Waals surface area (Å²) in [5.74, 6) is 0.877. The van der Waals surface area contributed by atoms with Crippen molar-refractivity contribution in [1.82, 2.24) is 0 Å². The fourth-order valence-corrected chi connectivity index (χ4v) is 2.18. The SMILES string of the molecule is CC(C)Oc1ccc(C(N)Cc2ccc(Cl)cc2)cc1. The molecule has 0 spiro atoms. The van der Waals surface area contributed by atoms with E-state index >= 15 is 0 Å². The van der Waals surface area contributed by atoms with Crippen molar-refractivity contribution in [3.8, 4) is 5.75 Å². The van der Waals surface area contributed by atoms with Gasteiger partial charge in [-0.1, -0.05) is 35.9 Å². The third kappa shape index (κ3) is 4.26. The molecule has 2 aromatic carbocycles. The zero-order valence-electron chi connectivity index (χ0n) is 11.8. The molecule has 20 heavy (non-hydrogen) atoms. The molecule has 2 aromatic rings. The molecular formula is C17H20ClNO. The van der Waals surface area contributed by atoms with Crippen molar-refractivity contribution in [3.05, 3.63) is 64.7 Å². The van der Waals surface area contributed by atoms with Crippen LogP contribution >= 0.6 is 11.6 Å². The molecule has 0 amide bonds. The molecule has 2 nitrogen and oxygen atoms in total. The van der Waals surface area contributed by atoms with Gasteiger partial charge in [-0.2, -0.15) is 0 Å². The fraction of sp³-hybridized carbons (Fsp3) is 0.294. The molecule has 0 heterocycles. The van der Waals surface area contributed by atoms with Gasteiger partial charge in [0, 0.05) is 11.1 Å². The quantitative estimate of drug-likeness (QED) is 0.887. The van der Waals surface area contributed by atoms with Gasteiger partial charge in [-0.25, -0.2) is 0 Å². The summed E-state index contributed by atoms with van der Waals surface area (Å²) in [6.45, 7) is 4.03. The van der Waals surface area contributed by atoms with Gasteiger partial charge in [-0.3, -0.25) is 0 Å². The summed E-state index contributed by atoms with van der Waals surface area (Å²) in [7, 11) is 0. The molecule has 2 rings (SSSR count). The molecule has 1 unspecified atom stereocenters. The van der Waals surface area contributed by atoms with E-state index in [2.05, 4.69) is 0 Å². The lowest BCUT2D eigenvalue weighted by atomic mass is 10.00. The Balaban J connectivity index is 2.01. The van der Waals surface area contributed by atoms with Crippen LogP contribution in [0.2, 0.25) is 5.02 Å². The van der Waals surface area contributed by atoms with Crippen molar-refractivity contribution in [2.45, 2.75) is 32.4 Å². The Morgan fingerprint density at radius 1 is 1.00 bits per heavy atom. The first-order valence-electron chi connectivity index (χ1n) is 6.81. The number of rotatable bonds is 5. The molecule has 0 fully saturated rings. The van der Waals surface area contributed by atoms with E-state index < -0.39 is 0 Å². The Morgan fingerprint density at radius 3 is 2.15 bits per heavy atom. The van der Waals surface area contributed by atoms with Gasteiger partial charge in [0.25, 0.3) is 0 Å². The van der Waals surface area contributed by atoms with E-state index in [1.807, 2.05) is 62.4 Å². The maximum Gasteiger partial charge on any atom is 0.119 e. The van der Waals surface area contributed by atoms with E-state index in [9.17, 15) is 0 Å². The lowest BCUT2D eigenvalue weighted by molar-refractivity contribution is 0.242. The third-order valence-corrected chi connectivity index (χ3v) is 3.30. The number of hydrogen-bond acceptors (Lipinski definition) is 2. The van der Waals surface area contributed by atoms with Crippen molar-refractivity contribution in [3.63, 3.8) is 0 Å². The predicted molar refractivity (Wildman–Crippen MR) is 84.3 cm³/mol. The summed E-state index contributed by atoms with van der Waals surface area (Å²) in [6, 6.07) is 15.8. The molecule has 2 N–H and O–H groups in total. The molecule has 0 radical (unpaired) electrons. The van der Waals surface area contributed by atoms with Crippen LogP contribution in [0, 0.1) is 0 Å². The van der Waals surface area contributed by atoms with E-state index in [4.69, 9.17) is 22.1 Å². The average molecular weight is 290 g/mol. The Bertz CT molecular complexity index is 534. The molecule has 0 saturated carbocycles. The first kappa shape index (κ1) is 14.9. The molecule has 0 aliphatic carbocycles. The Kier molecular flexibility index (Phi) is 5.05. The maximum absolute atomic E-state index is 6.24. The number of ether oxygens (including phenoxy) is 1. The number of nitrogens with two attached hydrogens (primary N) is 1. The minimum absolute atomic E-state index is 0.0238. The van der Waals surface area contributed by atoms with Gasteiger partial charge >= 0.3 is 0 Å². The maximum atomic E-state index is 6.24. The normalized spacial score (nSPS) is 12.4. The van der Waals surface area contributed by atoms with E-state index in [1.54, 1.807) is 0 Å². The van der Waals surface area contributed by atoms with Crippen LogP contribution in [0.25, 0.3) is 0 Å². The van der Waals surface area contributed by atoms with Crippen molar-refractivity contribution >= 4 is 11.6 Å². The first-order chi connectivity index (χ1) is 9.54. The zero-order valence-corrected chi connectivity index (χ0v) is 12.6. The Morgan fingerprint density at radius 2 is 1.60 bits per heavy atom. The molecule has 0 aromatic heterocycles. The van der Waals surface area contributed by atoms with E-state index in [0.717, 1.165) is 22.8 Å². The molecule has 0 bridgehead atoms. The van der Waals surface area contributed by atoms with Crippen LogP contribution in [0.4, 0.5) is 0 Å². The van der Waals surface area contributed by atoms with Crippen LogP contribution in [-0.4, -0.2) is 6.10 Å². The highest BCUT2D eigenvalue weighted by Crippen LogP contribution is 2.21. The zero-order chi connectivity index (χ0) is 14.5. The Hall–Kier alpha value is -1.51. The molecule has 0 saturated heterocycles. The average Bonchev–Trinajstić information content (AvgIpc) is 2.41. The number of halogens is 1. The summed E-state index contributed by atoms with van der Waals surface area (Å²) < 4.78 is 5.62. The highest BCUT2D eigenvalue weighted by atomic mass is 35.5. The predicted octanol–water partition coefficient (Wildman–Crippen LogP) is 4.37. The second-order valence-electron chi connectivity index (χ2n) is 5.17. The summed E-state index contributed by atoms with van der Waals surface area (Å²) in [4.78, 5) is 0. The van der Waals surface area contributed by atoms with Crippen molar-refractivity contribution in [1.29, 1.82) is 0 Å². The van der Waals surface area contributed by atoms with Gasteiger partial charge in [0.1, 0.15) is 5.75 Å². The largest absolute Gasteiger partial charge is 0.491 e. The third-order valence-electron chi connectivity index (χ3n) is 3.05. The molecular weight excluding hydrogens is 270 g/mol. The molecule has 3 heteroatoms. The minimum Gasteiger partial charge on any atom is -0.491 e. The number of benzene rings is 2. The van der Waals surface area contributed by atoms with E-state index in [1.165, 1.54) is 5.56 Å². The van der Waals surface area contributed by atoms with Gasteiger partial charge in [0.15, 0.2) is 0 Å². The van der Waals surface area contributed by atoms with Crippen LogP contribution in [0.5, 0.6) is 5.75 Å². The fourth-order valence-electron chi connectivity index (χ4n) is 2.06. The topological polar surface area (TPSA) is 35.2 Å². The van der Waals surface area contributed by atoms with Crippen molar-refractivity contribution in [2.24, 2.45) is 5.73 Å². The standard InChI is InChI=1S/C17H20ClNO/c1-12(2)20-16-9-5-14(6-10-16)17(19)11-13-3-7-15(18)8-4-13/h3-10,12,17H,11,19H2,1-2H3. The van der Waals surface area contributed by atoms with E-state index in [0.29, 0.717) is 0 Å². The second kappa shape index (κ2) is 6.78. The first-order valence-corrected chi connectivity index (χ1v) is 7.19. The van der Waals surface area contributed by atoms with Gasteiger partial charge in [-0.05, 0) is 55.7 Å².